The van der Waals surface area contributed by atoms with Gasteiger partial charge in [0.05, 0.1) is 12.6 Å². The minimum absolute atomic E-state index is 0.354. The molecule has 0 fully saturated rings. The van der Waals surface area contributed by atoms with Crippen molar-refractivity contribution in [3.8, 4) is 6.07 Å². The highest BCUT2D eigenvalue weighted by molar-refractivity contribution is 6.00. The van der Waals surface area contributed by atoms with E-state index in [9.17, 15) is 15.2 Å². The fourth-order valence-electron chi connectivity index (χ4n) is 2.64. The van der Waals surface area contributed by atoms with E-state index >= 15 is 0 Å². The standard InChI is InChI=1S/C17H14N2O2/c18-10-14-16(20)13-8-4-5-9-15(13)19(17(14)21)11-12-6-2-1-3-7-12/h1-9,14,16,20H,11H2/t14-,16+/m1/s1. The van der Waals surface area contributed by atoms with Crippen molar-refractivity contribution in [1.82, 2.24) is 0 Å². The number of benzene rings is 2. The van der Waals surface area contributed by atoms with Gasteiger partial charge in [0.2, 0.25) is 5.91 Å². The number of nitrogens with zero attached hydrogens (tertiary/aromatic N) is 2. The first kappa shape index (κ1) is 13.3. The van der Waals surface area contributed by atoms with Crippen LogP contribution in [0.1, 0.15) is 17.2 Å². The molecule has 0 saturated heterocycles. The molecule has 4 nitrogen and oxygen atoms in total. The summed E-state index contributed by atoms with van der Waals surface area (Å²) in [5, 5.41) is 19.4. The number of fused-ring (bicyclic) bond motifs is 1. The largest absolute Gasteiger partial charge is 0.386 e. The molecule has 1 heterocycles. The SMILES string of the molecule is N#C[C@H]1C(=O)N(Cc2ccccc2)c2ccccc2[C@@H]1O. The molecule has 104 valence electrons. The maximum atomic E-state index is 12.5. The van der Waals surface area contributed by atoms with Crippen LogP contribution in [-0.4, -0.2) is 11.0 Å². The molecule has 0 aromatic heterocycles. The molecule has 2 atom stereocenters. The van der Waals surface area contributed by atoms with Crippen LogP contribution in [0.15, 0.2) is 54.6 Å². The molecule has 2 aromatic carbocycles. The summed E-state index contributed by atoms with van der Waals surface area (Å²) in [5.41, 5.74) is 2.28. The molecule has 0 aliphatic carbocycles. The summed E-state index contributed by atoms with van der Waals surface area (Å²) in [5.74, 6) is -1.41. The maximum absolute atomic E-state index is 12.5. The zero-order valence-corrected chi connectivity index (χ0v) is 11.3. The number of rotatable bonds is 2. The molecular formula is C17H14N2O2. The van der Waals surface area contributed by atoms with Gasteiger partial charge in [-0.2, -0.15) is 5.26 Å². The summed E-state index contributed by atoms with van der Waals surface area (Å²) in [6.45, 7) is 0.390. The van der Waals surface area contributed by atoms with Crippen LogP contribution in [0.4, 0.5) is 5.69 Å². The molecule has 1 amide bonds. The Morgan fingerprint density at radius 1 is 1.10 bits per heavy atom. The predicted octanol–water partition coefficient (Wildman–Crippen LogP) is 2.41. The van der Waals surface area contributed by atoms with Gasteiger partial charge in [-0.3, -0.25) is 4.79 Å². The van der Waals surface area contributed by atoms with Crippen LogP contribution in [0.25, 0.3) is 0 Å². The van der Waals surface area contributed by atoms with E-state index in [1.165, 1.54) is 0 Å². The summed E-state index contributed by atoms with van der Waals surface area (Å²) in [6.07, 6.45) is -1.06. The summed E-state index contributed by atoms with van der Waals surface area (Å²) >= 11 is 0. The Kier molecular flexibility index (Phi) is 3.43. The number of aliphatic hydroxyl groups excluding tert-OH is 1. The minimum atomic E-state index is -1.06. The van der Waals surface area contributed by atoms with Crippen LogP contribution in [0.5, 0.6) is 0 Å². The van der Waals surface area contributed by atoms with E-state index in [1.54, 1.807) is 23.1 Å². The van der Waals surface area contributed by atoms with Crippen LogP contribution in [0.2, 0.25) is 0 Å². The van der Waals surface area contributed by atoms with Gasteiger partial charge in [-0.25, -0.2) is 0 Å². The van der Waals surface area contributed by atoms with E-state index in [2.05, 4.69) is 0 Å². The number of aliphatic hydroxyl groups is 1. The normalized spacial score (nSPS) is 20.8. The number of amides is 1. The highest BCUT2D eigenvalue weighted by Gasteiger charge is 2.39. The molecule has 21 heavy (non-hydrogen) atoms. The lowest BCUT2D eigenvalue weighted by Gasteiger charge is -2.34. The molecule has 1 N–H and O–H groups in total. The highest BCUT2D eigenvalue weighted by Crippen LogP contribution is 2.38. The van der Waals surface area contributed by atoms with Gasteiger partial charge >= 0.3 is 0 Å². The monoisotopic (exact) mass is 278 g/mol. The van der Waals surface area contributed by atoms with Crippen molar-refractivity contribution in [3.63, 3.8) is 0 Å². The van der Waals surface area contributed by atoms with Crippen molar-refractivity contribution in [3.05, 3.63) is 65.7 Å². The lowest BCUT2D eigenvalue weighted by atomic mass is 9.89. The third-order valence-corrected chi connectivity index (χ3v) is 3.72. The third kappa shape index (κ3) is 2.28. The van der Waals surface area contributed by atoms with Gasteiger partial charge in [0.25, 0.3) is 0 Å². The summed E-state index contributed by atoms with van der Waals surface area (Å²) in [6, 6.07) is 18.7. The van der Waals surface area contributed by atoms with Crippen LogP contribution in [-0.2, 0) is 11.3 Å². The number of hydrogen-bond donors (Lipinski definition) is 1. The van der Waals surface area contributed by atoms with Gasteiger partial charge in [-0.15, -0.1) is 0 Å². The number of carbonyl (C=O) groups excluding carboxylic acids is 1. The Balaban J connectivity index is 2.04. The molecule has 4 heteroatoms. The second-order valence-electron chi connectivity index (χ2n) is 5.02. The van der Waals surface area contributed by atoms with Crippen LogP contribution in [0.3, 0.4) is 0 Å². The number of nitriles is 1. The molecule has 0 saturated carbocycles. The van der Waals surface area contributed by atoms with Gasteiger partial charge < -0.3 is 10.0 Å². The Hall–Kier alpha value is -2.64. The first-order valence-electron chi connectivity index (χ1n) is 6.74. The Morgan fingerprint density at radius 2 is 1.76 bits per heavy atom. The van der Waals surface area contributed by atoms with Crippen molar-refractivity contribution >= 4 is 11.6 Å². The van der Waals surface area contributed by atoms with E-state index in [0.29, 0.717) is 17.8 Å². The lowest BCUT2D eigenvalue weighted by molar-refractivity contribution is -0.124. The Morgan fingerprint density at radius 3 is 2.48 bits per heavy atom. The lowest BCUT2D eigenvalue weighted by Crippen LogP contribution is -2.42. The molecule has 2 aromatic rings. The van der Waals surface area contributed by atoms with Crippen LogP contribution in [0, 0.1) is 17.2 Å². The summed E-state index contributed by atoms with van der Waals surface area (Å²) in [7, 11) is 0. The Bertz CT molecular complexity index is 706. The van der Waals surface area contributed by atoms with Crippen molar-refractivity contribution < 1.29 is 9.90 Å². The smallest absolute Gasteiger partial charge is 0.247 e. The molecule has 0 bridgehead atoms. The second-order valence-corrected chi connectivity index (χ2v) is 5.02. The van der Waals surface area contributed by atoms with Gasteiger partial charge in [-0.05, 0) is 11.6 Å². The molecule has 3 rings (SSSR count). The topological polar surface area (TPSA) is 64.3 Å². The number of anilines is 1. The Labute approximate surface area is 122 Å². The zero-order chi connectivity index (χ0) is 14.8. The van der Waals surface area contributed by atoms with Crippen molar-refractivity contribution in [2.75, 3.05) is 4.90 Å². The average molecular weight is 278 g/mol. The fourth-order valence-corrected chi connectivity index (χ4v) is 2.64. The van der Waals surface area contributed by atoms with Gasteiger partial charge in [-0.1, -0.05) is 48.5 Å². The van der Waals surface area contributed by atoms with E-state index in [-0.39, 0.29) is 5.91 Å². The fraction of sp³-hybridized carbons (Fsp3) is 0.176. The van der Waals surface area contributed by atoms with Crippen LogP contribution < -0.4 is 4.90 Å². The molecule has 0 unspecified atom stereocenters. The molecule has 0 radical (unpaired) electrons. The van der Waals surface area contributed by atoms with Crippen molar-refractivity contribution in [2.24, 2.45) is 5.92 Å². The van der Waals surface area contributed by atoms with E-state index < -0.39 is 12.0 Å². The van der Waals surface area contributed by atoms with Crippen molar-refractivity contribution in [2.45, 2.75) is 12.6 Å². The quantitative estimate of drug-likeness (QED) is 0.917. The molecule has 0 spiro atoms. The number of para-hydroxylation sites is 1. The maximum Gasteiger partial charge on any atom is 0.247 e. The second kappa shape index (κ2) is 5.39. The third-order valence-electron chi connectivity index (χ3n) is 3.72. The highest BCUT2D eigenvalue weighted by atomic mass is 16.3. The predicted molar refractivity (Wildman–Crippen MR) is 78.1 cm³/mol. The van der Waals surface area contributed by atoms with Crippen molar-refractivity contribution in [1.29, 1.82) is 5.26 Å². The van der Waals surface area contributed by atoms with Crippen LogP contribution >= 0.6 is 0 Å². The molecule has 1 aliphatic heterocycles. The van der Waals surface area contributed by atoms with E-state index in [1.807, 2.05) is 42.5 Å². The average Bonchev–Trinajstić information content (AvgIpc) is 2.53. The first-order chi connectivity index (χ1) is 10.2. The van der Waals surface area contributed by atoms with E-state index in [0.717, 1.165) is 5.56 Å². The summed E-state index contributed by atoms with van der Waals surface area (Å²) < 4.78 is 0. The summed E-state index contributed by atoms with van der Waals surface area (Å²) in [4.78, 5) is 14.1. The first-order valence-corrected chi connectivity index (χ1v) is 6.74. The minimum Gasteiger partial charge on any atom is -0.386 e. The zero-order valence-electron chi connectivity index (χ0n) is 11.3. The number of carbonyl (C=O) groups is 1. The van der Waals surface area contributed by atoms with E-state index in [4.69, 9.17) is 0 Å². The van der Waals surface area contributed by atoms with Gasteiger partial charge in [0.1, 0.15) is 6.10 Å². The van der Waals surface area contributed by atoms with Gasteiger partial charge in [0, 0.05) is 11.3 Å². The molecular weight excluding hydrogens is 264 g/mol. The number of hydrogen-bond acceptors (Lipinski definition) is 3. The molecule has 1 aliphatic rings. The van der Waals surface area contributed by atoms with Gasteiger partial charge in [0.15, 0.2) is 5.92 Å².